The Balaban J connectivity index is 1.66. The smallest absolute Gasteiger partial charge is 0.303 e. The SMILES string of the molecule is CC(=O)OCC1OC(OC2OC=CC3(O)CC4OC4(C)C23)C(OC(C)=O)C(OC(C)=O)C1OC(C)=O. The summed E-state index contributed by atoms with van der Waals surface area (Å²) in [7, 11) is 0. The normalized spacial score (nSPS) is 42.3. The molecule has 200 valence electrons. The van der Waals surface area contributed by atoms with Gasteiger partial charge in [0.25, 0.3) is 0 Å². The Kier molecular flexibility index (Phi) is 7.03. The first kappa shape index (κ1) is 26.3. The van der Waals surface area contributed by atoms with Crippen LogP contribution in [0.25, 0.3) is 0 Å². The molecule has 3 fully saturated rings. The van der Waals surface area contributed by atoms with Crippen LogP contribution >= 0.6 is 0 Å². The molecule has 0 aromatic rings. The van der Waals surface area contributed by atoms with E-state index in [0.717, 1.165) is 20.8 Å². The minimum atomic E-state index is -1.44. The monoisotopic (exact) mass is 514 g/mol. The predicted molar refractivity (Wildman–Crippen MR) is 113 cm³/mol. The van der Waals surface area contributed by atoms with Gasteiger partial charge in [-0.15, -0.1) is 0 Å². The molecular weight excluding hydrogens is 484 g/mol. The van der Waals surface area contributed by atoms with Gasteiger partial charge in [0.05, 0.1) is 18.3 Å². The number of epoxide rings is 1. The van der Waals surface area contributed by atoms with Crippen molar-refractivity contribution in [1.82, 2.24) is 0 Å². The lowest BCUT2D eigenvalue weighted by atomic mass is 9.83. The van der Waals surface area contributed by atoms with E-state index in [9.17, 15) is 24.3 Å². The molecule has 0 amide bonds. The first-order chi connectivity index (χ1) is 16.8. The highest BCUT2D eigenvalue weighted by Gasteiger charge is 2.74. The van der Waals surface area contributed by atoms with Crippen LogP contribution in [0.5, 0.6) is 0 Å². The van der Waals surface area contributed by atoms with Crippen LogP contribution in [0, 0.1) is 5.92 Å². The van der Waals surface area contributed by atoms with Gasteiger partial charge in [0.2, 0.25) is 12.6 Å². The van der Waals surface area contributed by atoms with Crippen molar-refractivity contribution < 1.29 is 62.2 Å². The number of carbonyl (C=O) groups is 4. The van der Waals surface area contributed by atoms with Gasteiger partial charge in [-0.3, -0.25) is 19.2 Å². The van der Waals surface area contributed by atoms with E-state index >= 15 is 0 Å². The molecular formula is C23H30O13. The summed E-state index contributed by atoms with van der Waals surface area (Å²) in [5.74, 6) is -3.55. The first-order valence-electron chi connectivity index (χ1n) is 11.5. The Morgan fingerprint density at radius 3 is 2.14 bits per heavy atom. The summed E-state index contributed by atoms with van der Waals surface area (Å²) in [5.41, 5.74) is -1.98. The number of rotatable bonds is 7. The van der Waals surface area contributed by atoms with Crippen LogP contribution in [0.1, 0.15) is 41.0 Å². The summed E-state index contributed by atoms with van der Waals surface area (Å²) in [6.07, 6.45) is -4.82. The van der Waals surface area contributed by atoms with E-state index in [0.29, 0.717) is 6.42 Å². The fourth-order valence-electron chi connectivity index (χ4n) is 5.24. The van der Waals surface area contributed by atoms with Crippen LogP contribution in [0.4, 0.5) is 0 Å². The second-order valence-electron chi connectivity index (χ2n) is 9.47. The van der Waals surface area contributed by atoms with E-state index < -0.39 is 78.0 Å². The van der Waals surface area contributed by atoms with Gasteiger partial charge in [0.1, 0.15) is 23.9 Å². The average molecular weight is 514 g/mol. The minimum absolute atomic E-state index is 0.194. The number of fused-ring (bicyclic) bond motifs is 3. The summed E-state index contributed by atoms with van der Waals surface area (Å²) in [5, 5.41) is 11.2. The quantitative estimate of drug-likeness (QED) is 0.271. The van der Waals surface area contributed by atoms with Crippen molar-refractivity contribution in [2.45, 2.75) is 95.3 Å². The van der Waals surface area contributed by atoms with Gasteiger partial charge in [-0.05, 0) is 13.0 Å². The third kappa shape index (κ3) is 5.05. The number of ether oxygens (including phenoxy) is 8. The molecule has 4 aliphatic rings. The van der Waals surface area contributed by atoms with Gasteiger partial charge in [-0.1, -0.05) is 0 Å². The molecule has 1 aliphatic carbocycles. The van der Waals surface area contributed by atoms with Crippen molar-refractivity contribution in [3.8, 4) is 0 Å². The second kappa shape index (κ2) is 9.61. The van der Waals surface area contributed by atoms with Crippen molar-refractivity contribution >= 4 is 23.9 Å². The number of esters is 4. The highest BCUT2D eigenvalue weighted by atomic mass is 16.8. The minimum Gasteiger partial charge on any atom is -0.472 e. The number of carbonyl (C=O) groups excluding carboxylic acids is 4. The highest BCUT2D eigenvalue weighted by Crippen LogP contribution is 2.61. The Morgan fingerprint density at radius 1 is 0.917 bits per heavy atom. The lowest BCUT2D eigenvalue weighted by Gasteiger charge is -2.46. The fraction of sp³-hybridized carbons (Fsp3) is 0.739. The molecule has 3 aliphatic heterocycles. The van der Waals surface area contributed by atoms with Crippen LogP contribution in [-0.2, 0) is 57.1 Å². The van der Waals surface area contributed by atoms with Crippen LogP contribution < -0.4 is 0 Å². The van der Waals surface area contributed by atoms with Gasteiger partial charge >= 0.3 is 23.9 Å². The lowest BCUT2D eigenvalue weighted by Crippen LogP contribution is -2.64. The number of hydrogen-bond donors (Lipinski definition) is 1. The van der Waals surface area contributed by atoms with Gasteiger partial charge in [-0.2, -0.15) is 0 Å². The molecule has 10 atom stereocenters. The molecule has 0 radical (unpaired) electrons. The van der Waals surface area contributed by atoms with Crippen LogP contribution in [0.15, 0.2) is 12.3 Å². The van der Waals surface area contributed by atoms with E-state index in [1.807, 2.05) is 6.92 Å². The maximum absolute atomic E-state index is 12.0. The summed E-state index contributed by atoms with van der Waals surface area (Å²) in [6, 6.07) is 0. The van der Waals surface area contributed by atoms with Crippen LogP contribution in [0.2, 0.25) is 0 Å². The Bertz CT molecular complexity index is 948. The maximum atomic E-state index is 12.0. The standard InChI is InChI=1S/C23H30O13/c1-10(24)30-9-14-16(31-11(2)25)17(32-12(3)26)18(33-13(4)27)20(34-14)35-21-19-22(5)15(36-22)8-23(19,28)6-7-29-21/h6-7,14-21,28H,8-9H2,1-5H3. The lowest BCUT2D eigenvalue weighted by molar-refractivity contribution is -0.350. The number of hydrogen-bond acceptors (Lipinski definition) is 13. The molecule has 4 rings (SSSR count). The molecule has 0 aromatic carbocycles. The van der Waals surface area contributed by atoms with Gasteiger partial charge in [0, 0.05) is 34.1 Å². The second-order valence-corrected chi connectivity index (χ2v) is 9.47. The summed E-state index contributed by atoms with van der Waals surface area (Å²) in [6.45, 7) is 6.01. The molecule has 3 heterocycles. The molecule has 36 heavy (non-hydrogen) atoms. The van der Waals surface area contributed by atoms with Gasteiger partial charge in [-0.25, -0.2) is 0 Å². The molecule has 0 bridgehead atoms. The zero-order valence-electron chi connectivity index (χ0n) is 20.5. The Morgan fingerprint density at radius 2 is 1.53 bits per heavy atom. The molecule has 0 spiro atoms. The number of aliphatic hydroxyl groups is 1. The molecule has 13 heteroatoms. The average Bonchev–Trinajstić information content (AvgIpc) is 3.31. The first-order valence-corrected chi connectivity index (χ1v) is 11.5. The molecule has 13 nitrogen and oxygen atoms in total. The van der Waals surface area contributed by atoms with E-state index in [1.54, 1.807) is 0 Å². The maximum Gasteiger partial charge on any atom is 0.303 e. The summed E-state index contributed by atoms with van der Waals surface area (Å²) in [4.78, 5) is 47.3. The molecule has 1 N–H and O–H groups in total. The van der Waals surface area contributed by atoms with E-state index in [1.165, 1.54) is 19.3 Å². The predicted octanol–water partition coefficient (Wildman–Crippen LogP) is -0.135. The summed E-state index contributed by atoms with van der Waals surface area (Å²) < 4.78 is 44.7. The largest absolute Gasteiger partial charge is 0.472 e. The van der Waals surface area contributed by atoms with Crippen LogP contribution in [0.3, 0.4) is 0 Å². The van der Waals surface area contributed by atoms with Crippen molar-refractivity contribution in [2.24, 2.45) is 5.92 Å². The summed E-state index contributed by atoms with van der Waals surface area (Å²) >= 11 is 0. The topological polar surface area (TPSA) is 166 Å². The van der Waals surface area contributed by atoms with Crippen molar-refractivity contribution in [3.05, 3.63) is 12.3 Å². The van der Waals surface area contributed by atoms with E-state index in [-0.39, 0.29) is 12.7 Å². The zero-order valence-corrected chi connectivity index (χ0v) is 20.5. The van der Waals surface area contributed by atoms with Crippen molar-refractivity contribution in [1.29, 1.82) is 0 Å². The highest BCUT2D eigenvalue weighted by molar-refractivity contribution is 5.68. The van der Waals surface area contributed by atoms with Crippen molar-refractivity contribution in [2.75, 3.05) is 6.61 Å². The van der Waals surface area contributed by atoms with Gasteiger partial charge < -0.3 is 43.0 Å². The molecule has 1 saturated carbocycles. The Labute approximate surface area is 206 Å². The van der Waals surface area contributed by atoms with Crippen molar-refractivity contribution in [3.63, 3.8) is 0 Å². The zero-order chi connectivity index (χ0) is 26.4. The molecule has 10 unspecified atom stereocenters. The molecule has 2 saturated heterocycles. The van der Waals surface area contributed by atoms with E-state index in [2.05, 4.69) is 0 Å². The third-order valence-corrected chi connectivity index (χ3v) is 6.70. The third-order valence-electron chi connectivity index (χ3n) is 6.70. The van der Waals surface area contributed by atoms with E-state index in [4.69, 9.17) is 37.9 Å². The fourth-order valence-corrected chi connectivity index (χ4v) is 5.24. The van der Waals surface area contributed by atoms with Crippen LogP contribution in [-0.4, -0.2) is 89.9 Å². The Hall–Kier alpha value is -2.74. The van der Waals surface area contributed by atoms with Gasteiger partial charge in [0.15, 0.2) is 18.3 Å². The molecule has 0 aromatic heterocycles.